The molecule has 0 aliphatic rings. The molecule has 0 aromatic carbocycles. The zero-order valence-corrected chi connectivity index (χ0v) is 23.4. The first-order valence-corrected chi connectivity index (χ1v) is 12.0. The fourth-order valence-corrected chi connectivity index (χ4v) is 2.87. The number of allylic oxidation sites excluding steroid dienone is 2. The van der Waals surface area contributed by atoms with Gasteiger partial charge in [0, 0.05) is 13.0 Å². The Balaban J connectivity index is -0.000000225. The molecule has 0 bridgehead atoms. The van der Waals surface area contributed by atoms with Crippen molar-refractivity contribution >= 4 is 12.2 Å². The third-order valence-corrected chi connectivity index (χ3v) is 4.66. The molecule has 1 amide bonds. The van der Waals surface area contributed by atoms with Gasteiger partial charge in [-0.05, 0) is 52.7 Å². The first kappa shape index (κ1) is 38.1. The molecule has 31 heavy (non-hydrogen) atoms. The monoisotopic (exact) mass is 449 g/mol. The zero-order valence-electron chi connectivity index (χ0n) is 21.4. The molecule has 0 fully saturated rings. The molecule has 0 aliphatic heterocycles. The maximum absolute atomic E-state index is 11.4. The predicted octanol–water partition coefficient (Wildman–Crippen LogP) is 3.04. The van der Waals surface area contributed by atoms with E-state index in [0.717, 1.165) is 38.8 Å². The van der Waals surface area contributed by atoms with Gasteiger partial charge >= 0.3 is 29.6 Å². The minimum atomic E-state index is 0. The number of amides is 1. The van der Waals surface area contributed by atoms with E-state index in [0.29, 0.717) is 12.8 Å². The molecule has 0 spiro atoms. The van der Waals surface area contributed by atoms with E-state index in [1.165, 1.54) is 57.8 Å². The standard InChI is InChI=1S/C13H28N2O.C12H21O.Na.H2O/c1-4-5-6-7-8-10-13(16)14-11-9-12-15(2)3;1-2-3-4-5-6-7-8-9-10-11-12-13;;/h4-12H2,1-3H3,(H,14,16);3-4H,2,5-11H2,1H3;;1H2/q;-1;+1;/p-1/b;4-3+;;. The number of hydrogen-bond acceptors (Lipinski definition) is 4. The largest absolute Gasteiger partial charge is 1.00 e. The molecule has 2 N–H and O–H groups in total. The van der Waals surface area contributed by atoms with E-state index in [4.69, 9.17) is 0 Å². The van der Waals surface area contributed by atoms with Crippen molar-refractivity contribution in [1.82, 2.24) is 10.2 Å². The summed E-state index contributed by atoms with van der Waals surface area (Å²) >= 11 is 0. The quantitative estimate of drug-likeness (QED) is 0.142. The van der Waals surface area contributed by atoms with Gasteiger partial charge in [-0.15, -0.1) is 0 Å². The van der Waals surface area contributed by atoms with E-state index in [1.807, 2.05) is 6.29 Å². The molecule has 0 saturated heterocycles. The van der Waals surface area contributed by atoms with E-state index < -0.39 is 0 Å². The third kappa shape index (κ3) is 40.7. The minimum absolute atomic E-state index is 0. The molecule has 0 aromatic rings. The van der Waals surface area contributed by atoms with Gasteiger partial charge in [-0.1, -0.05) is 77.4 Å². The molecule has 180 valence electrons. The second-order valence-electron chi connectivity index (χ2n) is 8.00. The molecule has 0 aliphatic carbocycles. The van der Waals surface area contributed by atoms with Crippen molar-refractivity contribution in [2.75, 3.05) is 27.2 Å². The molecule has 0 aromatic heterocycles. The van der Waals surface area contributed by atoms with Crippen molar-refractivity contribution in [3.05, 3.63) is 12.2 Å². The van der Waals surface area contributed by atoms with Crippen LogP contribution in [0.15, 0.2) is 12.2 Å². The Morgan fingerprint density at radius 1 is 0.871 bits per heavy atom. The van der Waals surface area contributed by atoms with Crippen molar-refractivity contribution < 1.29 is 44.6 Å². The molecule has 0 heterocycles. The summed E-state index contributed by atoms with van der Waals surface area (Å²) in [5.74, 6) is 0.218. The Morgan fingerprint density at radius 3 is 2.10 bits per heavy atom. The molecule has 0 rings (SSSR count). The summed E-state index contributed by atoms with van der Waals surface area (Å²) in [7, 11) is 4.10. The fourth-order valence-electron chi connectivity index (χ4n) is 2.87. The van der Waals surface area contributed by atoms with Gasteiger partial charge in [-0.2, -0.15) is 6.42 Å². The SMILES string of the molecule is CC/C=C/CCCCCCC[C-]=O.CCCCCCCC(=O)NCCCN(C)C.[Na+].[OH-]. The number of nitrogens with one attached hydrogen (secondary N) is 1. The molecular weight excluding hydrogens is 399 g/mol. The fraction of sp³-hybridized carbons (Fsp3) is 0.840. The number of rotatable bonds is 19. The van der Waals surface area contributed by atoms with Gasteiger partial charge in [-0.3, -0.25) is 11.1 Å². The van der Waals surface area contributed by atoms with Crippen molar-refractivity contribution in [3.63, 3.8) is 0 Å². The van der Waals surface area contributed by atoms with Crippen LogP contribution in [-0.2, 0) is 9.59 Å². The number of carbonyl (C=O) groups excluding carboxylic acids is 2. The molecular formula is C25H50N2NaO3-. The van der Waals surface area contributed by atoms with Gasteiger partial charge in [0.2, 0.25) is 5.91 Å². The Kier molecular flexibility index (Phi) is 42.3. The Morgan fingerprint density at radius 2 is 1.48 bits per heavy atom. The van der Waals surface area contributed by atoms with E-state index in [1.54, 1.807) is 0 Å². The smallest absolute Gasteiger partial charge is 0.870 e. The van der Waals surface area contributed by atoms with E-state index in [2.05, 4.69) is 50.3 Å². The van der Waals surface area contributed by atoms with Crippen LogP contribution in [0.4, 0.5) is 0 Å². The Labute approximate surface area is 215 Å². The van der Waals surface area contributed by atoms with Crippen LogP contribution in [0.1, 0.15) is 110 Å². The third-order valence-electron chi connectivity index (χ3n) is 4.66. The van der Waals surface area contributed by atoms with Crippen LogP contribution in [0.3, 0.4) is 0 Å². The zero-order chi connectivity index (χ0) is 22.0. The Hall–Kier alpha value is -0.200. The summed E-state index contributed by atoms with van der Waals surface area (Å²) in [6, 6.07) is 0. The first-order chi connectivity index (χ1) is 14.1. The van der Waals surface area contributed by atoms with Crippen molar-refractivity contribution in [1.29, 1.82) is 0 Å². The van der Waals surface area contributed by atoms with Gasteiger partial charge in [0.05, 0.1) is 0 Å². The minimum Gasteiger partial charge on any atom is -0.870 e. The van der Waals surface area contributed by atoms with Gasteiger partial charge < -0.3 is 20.5 Å². The van der Waals surface area contributed by atoms with Crippen molar-refractivity contribution in [3.8, 4) is 0 Å². The van der Waals surface area contributed by atoms with Crippen molar-refractivity contribution in [2.24, 2.45) is 0 Å². The van der Waals surface area contributed by atoms with Crippen LogP contribution in [-0.4, -0.2) is 49.8 Å². The van der Waals surface area contributed by atoms with Crippen molar-refractivity contribution in [2.45, 2.75) is 110 Å². The van der Waals surface area contributed by atoms with Gasteiger partial charge in [0.15, 0.2) is 0 Å². The summed E-state index contributed by atoms with van der Waals surface area (Å²) in [6.45, 7) is 6.21. The number of unbranched alkanes of at least 4 members (excludes halogenated alkanes) is 10. The van der Waals surface area contributed by atoms with Gasteiger partial charge in [0.25, 0.3) is 0 Å². The maximum atomic E-state index is 11.4. The van der Waals surface area contributed by atoms with Crippen LogP contribution in [0, 0.1) is 0 Å². The summed E-state index contributed by atoms with van der Waals surface area (Å²) in [6.07, 6.45) is 23.3. The predicted molar refractivity (Wildman–Crippen MR) is 129 cm³/mol. The molecule has 5 nitrogen and oxygen atoms in total. The Bertz CT molecular complexity index is 378. The van der Waals surface area contributed by atoms with Crippen LogP contribution in [0.2, 0.25) is 0 Å². The average Bonchev–Trinajstić information content (AvgIpc) is 2.70. The summed E-state index contributed by atoms with van der Waals surface area (Å²) in [5.41, 5.74) is 0. The summed E-state index contributed by atoms with van der Waals surface area (Å²) < 4.78 is 0. The molecule has 0 unspecified atom stereocenters. The van der Waals surface area contributed by atoms with Crippen LogP contribution in [0.25, 0.3) is 0 Å². The van der Waals surface area contributed by atoms with Crippen LogP contribution < -0.4 is 34.9 Å². The molecule has 0 radical (unpaired) electrons. The normalized spacial score (nSPS) is 10.1. The van der Waals surface area contributed by atoms with Gasteiger partial charge in [0.1, 0.15) is 0 Å². The van der Waals surface area contributed by atoms with E-state index in [9.17, 15) is 9.59 Å². The number of nitrogens with zero attached hydrogens (tertiary/aromatic N) is 1. The molecule has 0 atom stereocenters. The van der Waals surface area contributed by atoms with E-state index >= 15 is 0 Å². The second-order valence-corrected chi connectivity index (χ2v) is 8.00. The average molecular weight is 450 g/mol. The van der Waals surface area contributed by atoms with Crippen LogP contribution in [0.5, 0.6) is 0 Å². The molecule has 0 saturated carbocycles. The number of hydrogen-bond donors (Lipinski definition) is 1. The maximum Gasteiger partial charge on any atom is 1.00 e. The topological polar surface area (TPSA) is 79.4 Å². The summed E-state index contributed by atoms with van der Waals surface area (Å²) in [5, 5.41) is 2.96. The first-order valence-electron chi connectivity index (χ1n) is 12.0. The molecule has 6 heteroatoms. The summed E-state index contributed by atoms with van der Waals surface area (Å²) in [4.78, 5) is 23.4. The van der Waals surface area contributed by atoms with Gasteiger partial charge in [-0.25, -0.2) is 0 Å². The van der Waals surface area contributed by atoms with E-state index in [-0.39, 0.29) is 40.9 Å². The second kappa shape index (κ2) is 34.4. The number of carbonyl (C=O) groups is 1. The van der Waals surface area contributed by atoms with Crippen LogP contribution >= 0.6 is 0 Å².